The number of aliphatic hydroxyl groups is 1. The Morgan fingerprint density at radius 3 is 2.43 bits per heavy atom. The van der Waals surface area contributed by atoms with Crippen LogP contribution in [-0.2, 0) is 14.8 Å². The van der Waals surface area contributed by atoms with Gasteiger partial charge < -0.3 is 10.4 Å². The third-order valence-electron chi connectivity index (χ3n) is 3.19. The first-order valence-corrected chi connectivity index (χ1v) is 7.25. The molecule has 0 aromatic heterocycles. The molecule has 1 fully saturated rings. The van der Waals surface area contributed by atoms with Crippen molar-refractivity contribution < 1.29 is 27.9 Å². The van der Waals surface area contributed by atoms with E-state index in [0.29, 0.717) is 0 Å². The van der Waals surface area contributed by atoms with E-state index < -0.39 is 40.1 Å². The molecule has 3 N–H and O–H groups in total. The van der Waals surface area contributed by atoms with Gasteiger partial charge in [0.25, 0.3) is 21.8 Å². The Morgan fingerprint density at radius 1 is 1.14 bits per heavy atom. The lowest BCUT2D eigenvalue weighted by molar-refractivity contribution is -0.128. The molecule has 0 bridgehead atoms. The predicted molar refractivity (Wildman–Crippen MR) is 66.3 cm³/mol. The van der Waals surface area contributed by atoms with E-state index in [2.05, 4.69) is 0 Å². The van der Waals surface area contributed by atoms with Crippen LogP contribution in [0.2, 0.25) is 0 Å². The fourth-order valence-corrected chi connectivity index (χ4v) is 4.01. The molecule has 10 heteroatoms. The minimum atomic E-state index is -4.27. The molecule has 4 amide bonds. The maximum absolute atomic E-state index is 12.4. The Morgan fingerprint density at radius 2 is 1.81 bits per heavy atom. The zero-order chi connectivity index (χ0) is 15.4. The minimum Gasteiger partial charge on any atom is -0.371 e. The summed E-state index contributed by atoms with van der Waals surface area (Å²) in [5.41, 5.74) is -0.0885. The fourth-order valence-electron chi connectivity index (χ4n) is 2.29. The summed E-state index contributed by atoms with van der Waals surface area (Å²) in [6.07, 6.45) is -1.82. The van der Waals surface area contributed by atoms with Gasteiger partial charge in [0.1, 0.15) is 4.90 Å². The first-order chi connectivity index (χ1) is 9.84. The van der Waals surface area contributed by atoms with E-state index >= 15 is 0 Å². The largest absolute Gasteiger partial charge is 0.371 e. The molecular formula is C11H9N3O6S. The van der Waals surface area contributed by atoms with Crippen molar-refractivity contribution in [3.63, 3.8) is 0 Å². The van der Waals surface area contributed by atoms with E-state index in [1.807, 2.05) is 10.6 Å². The highest BCUT2D eigenvalue weighted by molar-refractivity contribution is 7.90. The number of nitrogens with zero attached hydrogens (tertiary/aromatic N) is 1. The van der Waals surface area contributed by atoms with Gasteiger partial charge in [-0.1, -0.05) is 12.1 Å². The van der Waals surface area contributed by atoms with Gasteiger partial charge in [0.05, 0.1) is 5.56 Å². The van der Waals surface area contributed by atoms with E-state index in [1.54, 1.807) is 0 Å². The average molecular weight is 311 g/mol. The van der Waals surface area contributed by atoms with Gasteiger partial charge in [0.15, 0.2) is 12.3 Å². The number of sulfonamides is 1. The van der Waals surface area contributed by atoms with E-state index in [1.165, 1.54) is 24.3 Å². The van der Waals surface area contributed by atoms with E-state index in [9.17, 15) is 27.9 Å². The van der Waals surface area contributed by atoms with Crippen LogP contribution >= 0.6 is 0 Å². The molecule has 0 spiro atoms. The lowest BCUT2D eigenvalue weighted by Gasteiger charge is -2.32. The molecule has 2 atom stereocenters. The molecule has 1 aromatic rings. The fraction of sp³-hybridized carbons (Fsp3) is 0.182. The number of fused-ring (bicyclic) bond motifs is 1. The van der Waals surface area contributed by atoms with Crippen LogP contribution in [0.15, 0.2) is 29.2 Å². The van der Waals surface area contributed by atoms with Crippen molar-refractivity contribution in [3.8, 4) is 0 Å². The van der Waals surface area contributed by atoms with Crippen LogP contribution in [0.3, 0.4) is 0 Å². The summed E-state index contributed by atoms with van der Waals surface area (Å²) in [5.74, 6) is -2.00. The smallest absolute Gasteiger partial charge is 0.323 e. The SMILES string of the molecule is O=C1NC(=O)C(N2C(=O)c3ccccc3S2(=O)=O)C(O)N1. The molecule has 21 heavy (non-hydrogen) atoms. The summed E-state index contributed by atoms with van der Waals surface area (Å²) in [4.78, 5) is 34.8. The Hall–Kier alpha value is -2.46. The number of imide groups is 1. The lowest BCUT2D eigenvalue weighted by atomic mass is 10.1. The second-order valence-corrected chi connectivity index (χ2v) is 6.24. The molecule has 1 aromatic carbocycles. The van der Waals surface area contributed by atoms with Gasteiger partial charge >= 0.3 is 6.03 Å². The summed E-state index contributed by atoms with van der Waals surface area (Å²) in [5, 5.41) is 13.5. The number of amides is 4. The standard InChI is InChI=1S/C11H9N3O6S/c15-8-7(9(16)13-11(18)12-8)14-10(17)5-3-1-2-4-6(5)21(14,19)20/h1-4,7-8,15H,(H2,12,13,16,18). The Bertz CT molecular complexity index is 774. The monoisotopic (exact) mass is 311 g/mol. The number of nitrogens with one attached hydrogen (secondary N) is 2. The summed E-state index contributed by atoms with van der Waals surface area (Å²) in [7, 11) is -4.27. The highest BCUT2D eigenvalue weighted by Gasteiger charge is 2.51. The van der Waals surface area contributed by atoms with Gasteiger partial charge in [0.2, 0.25) is 0 Å². The number of hydrogen-bond donors (Lipinski definition) is 3. The number of hydrogen-bond acceptors (Lipinski definition) is 6. The van der Waals surface area contributed by atoms with Gasteiger partial charge in [-0.3, -0.25) is 14.9 Å². The molecule has 3 rings (SSSR count). The molecule has 0 saturated carbocycles. The highest BCUT2D eigenvalue weighted by atomic mass is 32.2. The van der Waals surface area contributed by atoms with Crippen molar-refractivity contribution in [2.24, 2.45) is 0 Å². The third kappa shape index (κ3) is 1.80. The maximum Gasteiger partial charge on any atom is 0.323 e. The van der Waals surface area contributed by atoms with Crippen LogP contribution in [0.25, 0.3) is 0 Å². The molecule has 0 radical (unpaired) electrons. The van der Waals surface area contributed by atoms with Crippen molar-refractivity contribution in [1.29, 1.82) is 0 Å². The number of rotatable bonds is 1. The number of carbonyl (C=O) groups excluding carboxylic acids is 3. The zero-order valence-corrected chi connectivity index (χ0v) is 11.1. The highest BCUT2D eigenvalue weighted by Crippen LogP contribution is 2.32. The van der Waals surface area contributed by atoms with Crippen molar-refractivity contribution >= 4 is 27.9 Å². The topological polar surface area (TPSA) is 133 Å². The van der Waals surface area contributed by atoms with Crippen LogP contribution in [0.5, 0.6) is 0 Å². The summed E-state index contributed by atoms with van der Waals surface area (Å²) in [6, 6.07) is 2.73. The Kier molecular flexibility index (Phi) is 2.75. The molecular weight excluding hydrogens is 302 g/mol. The quantitative estimate of drug-likeness (QED) is 0.569. The summed E-state index contributed by atoms with van der Waals surface area (Å²) >= 11 is 0. The van der Waals surface area contributed by atoms with Crippen LogP contribution in [0.4, 0.5) is 4.79 Å². The van der Waals surface area contributed by atoms with E-state index in [-0.39, 0.29) is 14.8 Å². The summed E-state index contributed by atoms with van der Waals surface area (Å²) < 4.78 is 25.0. The zero-order valence-electron chi connectivity index (χ0n) is 10.3. The van der Waals surface area contributed by atoms with Gasteiger partial charge in [-0.15, -0.1) is 0 Å². The first kappa shape index (κ1) is 13.5. The minimum absolute atomic E-state index is 0.0885. The summed E-state index contributed by atoms with van der Waals surface area (Å²) in [6.45, 7) is 0. The number of carbonyl (C=O) groups is 3. The molecule has 2 heterocycles. The van der Waals surface area contributed by atoms with Crippen LogP contribution in [0.1, 0.15) is 10.4 Å². The predicted octanol–water partition coefficient (Wildman–Crippen LogP) is -1.64. The van der Waals surface area contributed by atoms with Crippen molar-refractivity contribution in [2.45, 2.75) is 17.2 Å². The molecule has 2 unspecified atom stereocenters. The number of aliphatic hydroxyl groups excluding tert-OH is 1. The van der Waals surface area contributed by atoms with Gasteiger partial charge in [-0.2, -0.15) is 0 Å². The number of urea groups is 1. The van der Waals surface area contributed by atoms with Crippen LogP contribution < -0.4 is 10.6 Å². The number of benzene rings is 1. The van der Waals surface area contributed by atoms with E-state index in [4.69, 9.17) is 0 Å². The van der Waals surface area contributed by atoms with Crippen molar-refractivity contribution in [1.82, 2.24) is 14.9 Å². The van der Waals surface area contributed by atoms with Gasteiger partial charge in [-0.25, -0.2) is 17.5 Å². The Labute approximate surface area is 118 Å². The normalized spacial score (nSPS) is 27.1. The third-order valence-corrected chi connectivity index (χ3v) is 5.01. The first-order valence-electron chi connectivity index (χ1n) is 5.81. The second kappa shape index (κ2) is 4.27. The van der Waals surface area contributed by atoms with Crippen molar-refractivity contribution in [2.75, 3.05) is 0 Å². The molecule has 9 nitrogen and oxygen atoms in total. The molecule has 110 valence electrons. The van der Waals surface area contributed by atoms with Crippen LogP contribution in [0, 0.1) is 0 Å². The average Bonchev–Trinajstić information content (AvgIpc) is 2.59. The van der Waals surface area contributed by atoms with Gasteiger partial charge in [0, 0.05) is 0 Å². The molecule has 2 aliphatic rings. The van der Waals surface area contributed by atoms with Crippen LogP contribution in [-0.4, -0.2) is 47.9 Å². The van der Waals surface area contributed by atoms with E-state index in [0.717, 1.165) is 0 Å². The molecule has 1 saturated heterocycles. The molecule has 2 aliphatic heterocycles. The lowest BCUT2D eigenvalue weighted by Crippen LogP contribution is -2.67. The second-order valence-electron chi connectivity index (χ2n) is 4.45. The van der Waals surface area contributed by atoms with Crippen molar-refractivity contribution in [3.05, 3.63) is 29.8 Å². The van der Waals surface area contributed by atoms with Gasteiger partial charge in [-0.05, 0) is 12.1 Å². The maximum atomic E-state index is 12.4. The molecule has 0 aliphatic carbocycles. The Balaban J connectivity index is 2.11.